The van der Waals surface area contributed by atoms with Crippen molar-refractivity contribution in [3.05, 3.63) is 77.9 Å². The van der Waals surface area contributed by atoms with E-state index in [1.807, 2.05) is 49.4 Å². The normalized spacial score (nSPS) is 12.8. The van der Waals surface area contributed by atoms with E-state index in [1.165, 1.54) is 6.07 Å². The minimum atomic E-state index is -4.05. The number of nitrogens with one attached hydrogen (secondary N) is 1. The van der Waals surface area contributed by atoms with E-state index in [9.17, 15) is 18.3 Å². The second kappa shape index (κ2) is 8.52. The summed E-state index contributed by atoms with van der Waals surface area (Å²) in [5, 5.41) is 10.8. The van der Waals surface area contributed by atoms with Crippen LogP contribution in [0, 0.1) is 6.92 Å². The minimum absolute atomic E-state index is 0.0445. The highest BCUT2D eigenvalue weighted by Gasteiger charge is 2.27. The first-order valence-corrected chi connectivity index (χ1v) is 10.2. The van der Waals surface area contributed by atoms with Gasteiger partial charge >= 0.3 is 5.97 Å². The number of carboxylic acid groups (broad SMARTS) is 1. The smallest absolute Gasteiger partial charge is 0.324 e. The minimum Gasteiger partial charge on any atom is -0.480 e. The SMILES string of the molecule is Cc1ccc(S(=O)(=O)N[C@@H](COCc2ccccc2)C(=O)O)c2ccccc12. The van der Waals surface area contributed by atoms with Gasteiger partial charge in [-0.1, -0.05) is 60.7 Å². The van der Waals surface area contributed by atoms with E-state index < -0.39 is 22.0 Å². The molecule has 2 N–H and O–H groups in total. The molecule has 28 heavy (non-hydrogen) atoms. The lowest BCUT2D eigenvalue weighted by molar-refractivity contribution is -0.140. The van der Waals surface area contributed by atoms with Crippen LogP contribution >= 0.6 is 0 Å². The van der Waals surface area contributed by atoms with Crippen molar-refractivity contribution in [1.82, 2.24) is 4.72 Å². The summed E-state index contributed by atoms with van der Waals surface area (Å²) in [6.45, 7) is 1.80. The van der Waals surface area contributed by atoms with Crippen LogP contribution in [0.2, 0.25) is 0 Å². The lowest BCUT2D eigenvalue weighted by Crippen LogP contribution is -2.43. The molecule has 0 saturated carbocycles. The highest BCUT2D eigenvalue weighted by atomic mass is 32.2. The number of aliphatic carboxylic acids is 1. The van der Waals surface area contributed by atoms with E-state index in [0.29, 0.717) is 5.39 Å². The predicted octanol–water partition coefficient (Wildman–Crippen LogP) is 3.10. The lowest BCUT2D eigenvalue weighted by atomic mass is 10.1. The maximum atomic E-state index is 12.9. The van der Waals surface area contributed by atoms with Gasteiger partial charge < -0.3 is 9.84 Å². The van der Waals surface area contributed by atoms with Crippen LogP contribution in [0.25, 0.3) is 10.8 Å². The number of sulfonamides is 1. The molecule has 0 amide bonds. The maximum Gasteiger partial charge on any atom is 0.324 e. The van der Waals surface area contributed by atoms with Crippen molar-refractivity contribution in [2.75, 3.05) is 6.61 Å². The third-order valence-electron chi connectivity index (χ3n) is 4.38. The largest absolute Gasteiger partial charge is 0.480 e. The Kier molecular flexibility index (Phi) is 6.08. The third-order valence-corrected chi connectivity index (χ3v) is 5.91. The summed E-state index contributed by atoms with van der Waals surface area (Å²) >= 11 is 0. The quantitative estimate of drug-likeness (QED) is 0.607. The number of hydrogen-bond donors (Lipinski definition) is 2. The second-order valence-corrected chi connectivity index (χ2v) is 8.12. The van der Waals surface area contributed by atoms with Gasteiger partial charge in [-0.15, -0.1) is 0 Å². The topological polar surface area (TPSA) is 92.7 Å². The molecule has 0 fully saturated rings. The van der Waals surface area contributed by atoms with Crippen molar-refractivity contribution in [2.45, 2.75) is 24.5 Å². The fourth-order valence-corrected chi connectivity index (χ4v) is 4.32. The molecule has 6 nitrogen and oxygen atoms in total. The molecule has 0 aliphatic heterocycles. The molecule has 0 bridgehead atoms. The Morgan fingerprint density at radius 1 is 1.00 bits per heavy atom. The Morgan fingerprint density at radius 3 is 2.32 bits per heavy atom. The van der Waals surface area contributed by atoms with E-state index >= 15 is 0 Å². The van der Waals surface area contributed by atoms with E-state index in [-0.39, 0.29) is 18.1 Å². The number of ether oxygens (including phenoxy) is 1. The fraction of sp³-hybridized carbons (Fsp3) is 0.190. The predicted molar refractivity (Wildman–Crippen MR) is 107 cm³/mol. The molecule has 0 unspecified atom stereocenters. The number of carboxylic acids is 1. The lowest BCUT2D eigenvalue weighted by Gasteiger charge is -2.16. The van der Waals surface area contributed by atoms with Gasteiger partial charge in [-0.3, -0.25) is 4.79 Å². The Balaban J connectivity index is 1.79. The van der Waals surface area contributed by atoms with Gasteiger partial charge in [0.05, 0.1) is 18.1 Å². The molecule has 7 heteroatoms. The summed E-state index contributed by atoms with van der Waals surface area (Å²) in [5.74, 6) is -1.30. The standard InChI is InChI=1S/C21H21NO5S/c1-15-11-12-20(18-10-6-5-9-17(15)18)28(25,26)22-19(21(23)24)14-27-13-16-7-3-2-4-8-16/h2-12,19,22H,13-14H2,1H3,(H,23,24)/t19-/m0/s1. The van der Waals surface area contributed by atoms with E-state index in [0.717, 1.165) is 16.5 Å². The molecule has 0 aliphatic carbocycles. The van der Waals surface area contributed by atoms with Gasteiger partial charge in [0, 0.05) is 5.39 Å². The van der Waals surface area contributed by atoms with Gasteiger partial charge in [-0.2, -0.15) is 4.72 Å². The Hall–Kier alpha value is -2.74. The number of benzene rings is 3. The van der Waals surface area contributed by atoms with Gasteiger partial charge in [-0.25, -0.2) is 8.42 Å². The van der Waals surface area contributed by atoms with Crippen LogP contribution in [0.15, 0.2) is 71.6 Å². The van der Waals surface area contributed by atoms with Crippen LogP contribution in [-0.4, -0.2) is 32.1 Å². The number of aryl methyl sites for hydroxylation is 1. The molecule has 0 aromatic heterocycles. The van der Waals surface area contributed by atoms with Crippen molar-refractivity contribution in [3.8, 4) is 0 Å². The van der Waals surface area contributed by atoms with Crippen LogP contribution in [-0.2, 0) is 26.2 Å². The van der Waals surface area contributed by atoms with Crippen molar-refractivity contribution >= 4 is 26.8 Å². The summed E-state index contributed by atoms with van der Waals surface area (Å²) < 4.78 is 33.4. The van der Waals surface area contributed by atoms with Crippen LogP contribution < -0.4 is 4.72 Å². The van der Waals surface area contributed by atoms with Gasteiger partial charge in [-0.05, 0) is 29.5 Å². The van der Waals surface area contributed by atoms with Crippen LogP contribution in [0.3, 0.4) is 0 Å². The van der Waals surface area contributed by atoms with Crippen molar-refractivity contribution in [3.63, 3.8) is 0 Å². The summed E-state index contributed by atoms with van der Waals surface area (Å²) in [5.41, 5.74) is 1.81. The molecule has 0 saturated heterocycles. The molecular formula is C21H21NO5S. The molecule has 3 rings (SSSR count). The Labute approximate surface area is 163 Å². The van der Waals surface area contributed by atoms with Crippen molar-refractivity contribution < 1.29 is 23.1 Å². The van der Waals surface area contributed by atoms with Crippen LogP contribution in [0.4, 0.5) is 0 Å². The molecule has 3 aromatic rings. The molecule has 0 spiro atoms. The zero-order valence-corrected chi connectivity index (χ0v) is 16.1. The van der Waals surface area contributed by atoms with Gasteiger partial charge in [0.25, 0.3) is 0 Å². The summed E-state index contributed by atoms with van der Waals surface area (Å²) in [6.07, 6.45) is 0. The molecular weight excluding hydrogens is 378 g/mol. The molecule has 0 aliphatic rings. The molecule has 1 atom stereocenters. The average Bonchev–Trinajstić information content (AvgIpc) is 2.68. The number of carbonyl (C=O) groups is 1. The Bertz CT molecular complexity index is 1080. The van der Waals surface area contributed by atoms with E-state index in [4.69, 9.17) is 4.74 Å². The van der Waals surface area contributed by atoms with Crippen molar-refractivity contribution in [2.24, 2.45) is 0 Å². The number of rotatable bonds is 8. The second-order valence-electron chi connectivity index (χ2n) is 6.44. The monoisotopic (exact) mass is 399 g/mol. The van der Waals surface area contributed by atoms with Crippen molar-refractivity contribution in [1.29, 1.82) is 0 Å². The van der Waals surface area contributed by atoms with Gasteiger partial charge in [0.15, 0.2) is 0 Å². The molecule has 146 valence electrons. The first-order chi connectivity index (χ1) is 13.4. The third kappa shape index (κ3) is 4.56. The highest BCUT2D eigenvalue weighted by Crippen LogP contribution is 2.25. The summed E-state index contributed by atoms with van der Waals surface area (Å²) in [4.78, 5) is 11.6. The highest BCUT2D eigenvalue weighted by molar-refractivity contribution is 7.89. The zero-order chi connectivity index (χ0) is 20.1. The molecule has 0 heterocycles. The first kappa shape index (κ1) is 20.0. The first-order valence-electron chi connectivity index (χ1n) is 8.73. The number of hydrogen-bond acceptors (Lipinski definition) is 4. The molecule has 3 aromatic carbocycles. The van der Waals surface area contributed by atoms with Crippen LogP contribution in [0.5, 0.6) is 0 Å². The maximum absolute atomic E-state index is 12.9. The van der Waals surface area contributed by atoms with Crippen LogP contribution in [0.1, 0.15) is 11.1 Å². The summed E-state index contributed by atoms with van der Waals surface area (Å²) in [6, 6.07) is 18.2. The molecule has 0 radical (unpaired) electrons. The average molecular weight is 399 g/mol. The zero-order valence-electron chi connectivity index (χ0n) is 15.3. The van der Waals surface area contributed by atoms with E-state index in [2.05, 4.69) is 4.72 Å². The fourth-order valence-electron chi connectivity index (χ4n) is 2.93. The van der Waals surface area contributed by atoms with Gasteiger partial charge in [0.2, 0.25) is 10.0 Å². The van der Waals surface area contributed by atoms with E-state index in [1.54, 1.807) is 18.2 Å². The summed E-state index contributed by atoms with van der Waals surface area (Å²) in [7, 11) is -4.05. The van der Waals surface area contributed by atoms with Gasteiger partial charge in [0.1, 0.15) is 6.04 Å². The Morgan fingerprint density at radius 2 is 1.64 bits per heavy atom. The number of fused-ring (bicyclic) bond motifs is 1.